The zero-order chi connectivity index (χ0) is 10.4. The molecule has 0 N–H and O–H groups in total. The fourth-order valence-electron chi connectivity index (χ4n) is 1.03. The molecule has 0 fully saturated rings. The van der Waals surface area contributed by atoms with E-state index in [-0.39, 0.29) is 0 Å². The van der Waals surface area contributed by atoms with Crippen molar-refractivity contribution in [3.05, 3.63) is 28.8 Å². The first-order chi connectivity index (χ1) is 6.77. The van der Waals surface area contributed by atoms with Crippen molar-refractivity contribution in [2.24, 2.45) is 0 Å². The van der Waals surface area contributed by atoms with Crippen molar-refractivity contribution in [3.8, 4) is 5.75 Å². The minimum Gasteiger partial charge on any atom is -0.491 e. The van der Waals surface area contributed by atoms with E-state index in [0.717, 1.165) is 21.7 Å². The van der Waals surface area contributed by atoms with Crippen LogP contribution in [-0.2, 0) is 10.1 Å². The van der Waals surface area contributed by atoms with E-state index in [4.69, 9.17) is 21.1 Å². The summed E-state index contributed by atoms with van der Waals surface area (Å²) >= 11 is 9.24. The van der Waals surface area contributed by atoms with Crippen molar-refractivity contribution in [2.75, 3.05) is 20.3 Å². The topological polar surface area (TPSA) is 18.5 Å². The molecule has 0 saturated heterocycles. The van der Waals surface area contributed by atoms with Crippen molar-refractivity contribution in [1.29, 1.82) is 0 Å². The Hall–Kier alpha value is -0.250. The van der Waals surface area contributed by atoms with Crippen LogP contribution in [0.5, 0.6) is 5.75 Å². The Morgan fingerprint density at radius 1 is 1.36 bits per heavy atom. The SMILES string of the molecule is COCCOc1ccc(Cl)cc1CBr. The molecule has 1 rings (SSSR count). The number of hydrogen-bond donors (Lipinski definition) is 0. The Morgan fingerprint density at radius 3 is 2.79 bits per heavy atom. The first kappa shape index (κ1) is 11.8. The number of rotatable bonds is 5. The Bertz CT molecular complexity index is 291. The molecule has 0 bridgehead atoms. The summed E-state index contributed by atoms with van der Waals surface area (Å²) in [5.74, 6) is 0.850. The van der Waals surface area contributed by atoms with Crippen LogP contribution in [-0.4, -0.2) is 20.3 Å². The van der Waals surface area contributed by atoms with E-state index < -0.39 is 0 Å². The minimum absolute atomic E-state index is 0.554. The van der Waals surface area contributed by atoms with Gasteiger partial charge in [0.1, 0.15) is 12.4 Å². The second-order valence-electron chi connectivity index (χ2n) is 2.73. The van der Waals surface area contributed by atoms with Crippen molar-refractivity contribution in [3.63, 3.8) is 0 Å². The quantitative estimate of drug-likeness (QED) is 0.608. The van der Waals surface area contributed by atoms with Gasteiger partial charge < -0.3 is 9.47 Å². The summed E-state index contributed by atoms with van der Waals surface area (Å²) < 4.78 is 10.4. The molecule has 0 atom stereocenters. The molecular weight excluding hydrogens is 267 g/mol. The van der Waals surface area contributed by atoms with Crippen LogP contribution in [0.2, 0.25) is 5.02 Å². The number of alkyl halides is 1. The Morgan fingerprint density at radius 2 is 2.14 bits per heavy atom. The predicted octanol–water partition coefficient (Wildman–Crippen LogP) is 3.26. The van der Waals surface area contributed by atoms with Gasteiger partial charge in [-0.15, -0.1) is 0 Å². The van der Waals surface area contributed by atoms with E-state index in [9.17, 15) is 0 Å². The second kappa shape index (κ2) is 6.27. The van der Waals surface area contributed by atoms with Gasteiger partial charge >= 0.3 is 0 Å². The van der Waals surface area contributed by atoms with E-state index in [1.807, 2.05) is 18.2 Å². The van der Waals surface area contributed by atoms with Crippen LogP contribution in [0, 0.1) is 0 Å². The molecule has 4 heteroatoms. The molecule has 1 aromatic carbocycles. The van der Waals surface area contributed by atoms with Gasteiger partial charge in [-0.2, -0.15) is 0 Å². The fourth-order valence-corrected chi connectivity index (χ4v) is 1.66. The molecule has 0 radical (unpaired) electrons. The number of methoxy groups -OCH3 is 1. The van der Waals surface area contributed by atoms with Gasteiger partial charge in [-0.1, -0.05) is 27.5 Å². The van der Waals surface area contributed by atoms with E-state index >= 15 is 0 Å². The maximum Gasteiger partial charge on any atom is 0.123 e. The molecule has 14 heavy (non-hydrogen) atoms. The van der Waals surface area contributed by atoms with Crippen molar-refractivity contribution < 1.29 is 9.47 Å². The third kappa shape index (κ3) is 3.48. The van der Waals surface area contributed by atoms with E-state index in [1.54, 1.807) is 7.11 Å². The maximum absolute atomic E-state index is 5.86. The lowest BCUT2D eigenvalue weighted by Gasteiger charge is -2.09. The van der Waals surface area contributed by atoms with Crippen LogP contribution in [0.3, 0.4) is 0 Å². The van der Waals surface area contributed by atoms with Gasteiger partial charge in [-0.3, -0.25) is 0 Å². The fraction of sp³-hybridized carbons (Fsp3) is 0.400. The van der Waals surface area contributed by atoms with Gasteiger partial charge in [-0.25, -0.2) is 0 Å². The average Bonchev–Trinajstić information content (AvgIpc) is 2.20. The minimum atomic E-state index is 0.554. The Balaban J connectivity index is 2.65. The highest BCUT2D eigenvalue weighted by molar-refractivity contribution is 9.08. The lowest BCUT2D eigenvalue weighted by atomic mass is 10.2. The number of benzene rings is 1. The van der Waals surface area contributed by atoms with Crippen molar-refractivity contribution in [2.45, 2.75) is 5.33 Å². The molecule has 0 heterocycles. The van der Waals surface area contributed by atoms with E-state index in [2.05, 4.69) is 15.9 Å². The summed E-state index contributed by atoms with van der Waals surface area (Å²) in [7, 11) is 1.65. The molecule has 1 aromatic rings. The van der Waals surface area contributed by atoms with E-state index in [0.29, 0.717) is 13.2 Å². The van der Waals surface area contributed by atoms with Gasteiger partial charge in [-0.05, 0) is 18.2 Å². The normalized spacial score (nSPS) is 10.2. The summed E-state index contributed by atoms with van der Waals surface area (Å²) in [6.07, 6.45) is 0. The number of hydrogen-bond acceptors (Lipinski definition) is 2. The summed E-state index contributed by atoms with van der Waals surface area (Å²) in [4.78, 5) is 0. The largest absolute Gasteiger partial charge is 0.491 e. The predicted molar refractivity (Wildman–Crippen MR) is 61.5 cm³/mol. The highest BCUT2D eigenvalue weighted by atomic mass is 79.9. The van der Waals surface area contributed by atoms with Gasteiger partial charge in [0.2, 0.25) is 0 Å². The zero-order valence-electron chi connectivity index (χ0n) is 7.93. The lowest BCUT2D eigenvalue weighted by Crippen LogP contribution is -2.05. The molecule has 78 valence electrons. The maximum atomic E-state index is 5.86. The summed E-state index contributed by atoms with van der Waals surface area (Å²) in [5, 5.41) is 1.45. The first-order valence-electron chi connectivity index (χ1n) is 4.24. The monoisotopic (exact) mass is 278 g/mol. The van der Waals surface area contributed by atoms with Crippen LogP contribution in [0.25, 0.3) is 0 Å². The molecule has 0 unspecified atom stereocenters. The average molecular weight is 280 g/mol. The third-order valence-electron chi connectivity index (χ3n) is 1.71. The zero-order valence-corrected chi connectivity index (χ0v) is 10.3. The van der Waals surface area contributed by atoms with Gasteiger partial charge in [0.15, 0.2) is 0 Å². The smallest absolute Gasteiger partial charge is 0.123 e. The number of ether oxygens (including phenoxy) is 2. The molecule has 0 saturated carbocycles. The first-order valence-corrected chi connectivity index (χ1v) is 5.74. The van der Waals surface area contributed by atoms with Gasteiger partial charge in [0.25, 0.3) is 0 Å². The molecule has 0 aliphatic carbocycles. The van der Waals surface area contributed by atoms with Crippen LogP contribution < -0.4 is 4.74 Å². The molecular formula is C10H12BrClO2. The molecule has 0 aliphatic heterocycles. The molecule has 0 aliphatic rings. The molecule has 0 spiro atoms. The third-order valence-corrected chi connectivity index (χ3v) is 2.55. The van der Waals surface area contributed by atoms with Gasteiger partial charge in [0, 0.05) is 23.0 Å². The van der Waals surface area contributed by atoms with Crippen LogP contribution in [0.4, 0.5) is 0 Å². The highest BCUT2D eigenvalue weighted by Gasteiger charge is 2.02. The van der Waals surface area contributed by atoms with Crippen LogP contribution in [0.1, 0.15) is 5.56 Å². The van der Waals surface area contributed by atoms with E-state index in [1.165, 1.54) is 0 Å². The molecule has 0 amide bonds. The standard InChI is InChI=1S/C10H12BrClO2/c1-13-4-5-14-10-3-2-9(12)6-8(10)7-11/h2-3,6H,4-5,7H2,1H3. The highest BCUT2D eigenvalue weighted by Crippen LogP contribution is 2.24. The number of halogens is 2. The summed E-state index contributed by atoms with van der Waals surface area (Å²) in [6, 6.07) is 5.57. The lowest BCUT2D eigenvalue weighted by molar-refractivity contribution is 0.146. The van der Waals surface area contributed by atoms with Crippen LogP contribution >= 0.6 is 27.5 Å². The van der Waals surface area contributed by atoms with Crippen LogP contribution in [0.15, 0.2) is 18.2 Å². The van der Waals surface area contributed by atoms with Crippen molar-refractivity contribution in [1.82, 2.24) is 0 Å². The summed E-state index contributed by atoms with van der Waals surface area (Å²) in [5.41, 5.74) is 1.05. The Kier molecular flexibility index (Phi) is 5.30. The second-order valence-corrected chi connectivity index (χ2v) is 3.72. The van der Waals surface area contributed by atoms with Gasteiger partial charge in [0.05, 0.1) is 6.61 Å². The molecule has 2 nitrogen and oxygen atoms in total. The summed E-state index contributed by atoms with van der Waals surface area (Å²) in [6.45, 7) is 1.14. The van der Waals surface area contributed by atoms with Crippen molar-refractivity contribution >= 4 is 27.5 Å². The molecule has 0 aromatic heterocycles. The Labute approximate surface area is 97.3 Å².